The molecular weight excluding hydrogens is 669 g/mol. The zero-order valence-corrected chi connectivity index (χ0v) is 29.9. The van der Waals surface area contributed by atoms with E-state index >= 15 is 0 Å². The minimum atomic E-state index is 0.946. The van der Waals surface area contributed by atoms with E-state index in [2.05, 4.69) is 214 Å². The Morgan fingerprint density at radius 3 is 1.24 bits per heavy atom. The maximum absolute atomic E-state index is 5.04. The topological polar surface area (TPSA) is 26.0 Å². The lowest BCUT2D eigenvalue weighted by Gasteiger charge is -2.27. The Morgan fingerprint density at radius 2 is 0.764 bits per heavy atom. The Labute approximate surface area is 318 Å². The van der Waals surface area contributed by atoms with E-state index in [1.165, 1.54) is 49.2 Å². The molecule has 55 heavy (non-hydrogen) atoms. The van der Waals surface area contributed by atoms with E-state index < -0.39 is 0 Å². The van der Waals surface area contributed by atoms with Crippen LogP contribution >= 0.6 is 0 Å². The molecule has 0 saturated heterocycles. The number of nitrogens with zero attached hydrogens (tertiary/aromatic N) is 4. The molecule has 8 aromatic carbocycles. The Kier molecular flexibility index (Phi) is 7.14. The number of benzene rings is 8. The quantitative estimate of drug-likeness (QED) is 0.172. The minimum absolute atomic E-state index is 0.946. The van der Waals surface area contributed by atoms with Crippen LogP contribution < -0.4 is 4.90 Å². The molecule has 0 N–H and O–H groups in total. The van der Waals surface area contributed by atoms with Crippen molar-refractivity contribution in [1.82, 2.24) is 14.1 Å². The Bertz CT molecular complexity index is 2930. The van der Waals surface area contributed by atoms with Crippen LogP contribution in [-0.2, 0) is 0 Å². The number of para-hydroxylation sites is 5. The van der Waals surface area contributed by atoms with E-state index in [1.807, 2.05) is 6.20 Å². The minimum Gasteiger partial charge on any atom is -0.309 e. The van der Waals surface area contributed by atoms with Gasteiger partial charge in [0, 0.05) is 55.9 Å². The summed E-state index contributed by atoms with van der Waals surface area (Å²) in [4.78, 5) is 7.39. The summed E-state index contributed by atoms with van der Waals surface area (Å²) in [6.07, 6.45) is 1.93. The van der Waals surface area contributed by atoms with Crippen molar-refractivity contribution in [2.24, 2.45) is 0 Å². The molecule has 0 amide bonds. The predicted octanol–water partition coefficient (Wildman–Crippen LogP) is 13.6. The second-order valence-corrected chi connectivity index (χ2v) is 14.0. The van der Waals surface area contributed by atoms with Crippen LogP contribution in [0, 0.1) is 0 Å². The molecule has 0 fully saturated rings. The molecule has 4 nitrogen and oxygen atoms in total. The lowest BCUT2D eigenvalue weighted by atomic mass is 10.0. The number of rotatable bonds is 6. The predicted molar refractivity (Wildman–Crippen MR) is 231 cm³/mol. The van der Waals surface area contributed by atoms with Gasteiger partial charge in [-0.05, 0) is 96.1 Å². The van der Waals surface area contributed by atoms with Gasteiger partial charge in [-0.25, -0.2) is 0 Å². The molecule has 11 aromatic rings. The molecule has 0 aliphatic rings. The number of anilines is 3. The van der Waals surface area contributed by atoms with Crippen molar-refractivity contribution >= 4 is 71.6 Å². The first-order chi connectivity index (χ1) is 27.3. The summed E-state index contributed by atoms with van der Waals surface area (Å²) in [6, 6.07) is 71.8. The van der Waals surface area contributed by atoms with Gasteiger partial charge in [0.2, 0.25) is 0 Å². The Balaban J connectivity index is 1.09. The van der Waals surface area contributed by atoms with Gasteiger partial charge in [-0.2, -0.15) is 0 Å². The largest absolute Gasteiger partial charge is 0.309 e. The summed E-state index contributed by atoms with van der Waals surface area (Å²) in [6.45, 7) is 0. The van der Waals surface area contributed by atoms with Gasteiger partial charge in [0.15, 0.2) is 0 Å². The number of aromatic nitrogens is 3. The average molecular weight is 703 g/mol. The zero-order chi connectivity index (χ0) is 36.3. The third kappa shape index (κ3) is 4.96. The summed E-state index contributed by atoms with van der Waals surface area (Å²) >= 11 is 0. The zero-order valence-electron chi connectivity index (χ0n) is 29.9. The molecule has 0 saturated carbocycles. The smallest absolute Gasteiger partial charge is 0.0948 e. The molecule has 3 heterocycles. The highest BCUT2D eigenvalue weighted by atomic mass is 15.2. The van der Waals surface area contributed by atoms with Crippen LogP contribution in [0.15, 0.2) is 206 Å². The second kappa shape index (κ2) is 12.6. The highest BCUT2D eigenvalue weighted by Crippen LogP contribution is 2.42. The number of pyridine rings is 1. The summed E-state index contributed by atoms with van der Waals surface area (Å²) < 4.78 is 4.73. The van der Waals surface area contributed by atoms with Crippen LogP contribution in [0.5, 0.6) is 0 Å². The fourth-order valence-electron chi connectivity index (χ4n) is 8.54. The third-order valence-corrected chi connectivity index (χ3v) is 11.0. The summed E-state index contributed by atoms with van der Waals surface area (Å²) in [7, 11) is 0. The normalized spacial score (nSPS) is 11.6. The van der Waals surface area contributed by atoms with Crippen molar-refractivity contribution in [2.45, 2.75) is 0 Å². The van der Waals surface area contributed by atoms with E-state index in [0.29, 0.717) is 0 Å². The number of fused-ring (bicyclic) bond motifs is 7. The second-order valence-electron chi connectivity index (χ2n) is 14.0. The van der Waals surface area contributed by atoms with Crippen LogP contribution in [0.4, 0.5) is 17.1 Å². The first-order valence-electron chi connectivity index (χ1n) is 18.7. The van der Waals surface area contributed by atoms with Gasteiger partial charge in [-0.3, -0.25) is 4.98 Å². The van der Waals surface area contributed by atoms with Crippen LogP contribution in [0.25, 0.3) is 77.0 Å². The molecule has 0 aliphatic heterocycles. The van der Waals surface area contributed by atoms with Gasteiger partial charge < -0.3 is 14.0 Å². The summed E-state index contributed by atoms with van der Waals surface area (Å²) in [5.74, 6) is 0. The molecule has 0 bridgehead atoms. The average Bonchev–Trinajstić information content (AvgIpc) is 3.78. The Morgan fingerprint density at radius 1 is 0.345 bits per heavy atom. The number of hydrogen-bond acceptors (Lipinski definition) is 2. The van der Waals surface area contributed by atoms with Gasteiger partial charge in [0.05, 0.1) is 33.3 Å². The fraction of sp³-hybridized carbons (Fsp3) is 0. The first-order valence-corrected chi connectivity index (χ1v) is 18.7. The summed E-state index contributed by atoms with van der Waals surface area (Å²) in [5.41, 5.74) is 13.4. The Hall–Kier alpha value is -7.43. The highest BCUT2D eigenvalue weighted by Gasteiger charge is 2.20. The molecule has 0 spiro atoms. The molecule has 0 radical (unpaired) electrons. The van der Waals surface area contributed by atoms with Crippen LogP contribution in [-0.4, -0.2) is 14.1 Å². The SMILES string of the molecule is c1ccc(-c2ccnc3c(N(c4ccc(-n5c6ccccc6c6ccccc65)cc4)c4ccc(-n5c6ccccc6c6ccccc65)cc4)cccc23)cc1. The van der Waals surface area contributed by atoms with Crippen molar-refractivity contribution in [1.29, 1.82) is 0 Å². The maximum Gasteiger partial charge on any atom is 0.0948 e. The van der Waals surface area contributed by atoms with E-state index in [4.69, 9.17) is 4.98 Å². The first kappa shape index (κ1) is 31.1. The van der Waals surface area contributed by atoms with Crippen LogP contribution in [0.2, 0.25) is 0 Å². The van der Waals surface area contributed by atoms with E-state index in [-0.39, 0.29) is 0 Å². The standard InChI is InChI=1S/C51H34N4/c1-2-13-35(14-3-1)40-33-34-52-51-45(40)19-12-24-50(51)53(36-25-29-38(30-26-36)54-46-20-8-4-15-41(46)42-16-5-9-21-47(42)54)37-27-31-39(32-28-37)55-48-22-10-6-17-43(48)44-18-7-11-23-49(44)55/h1-34H. The molecule has 0 aliphatic carbocycles. The van der Waals surface area contributed by atoms with Crippen molar-refractivity contribution < 1.29 is 0 Å². The maximum atomic E-state index is 5.04. The van der Waals surface area contributed by atoms with Gasteiger partial charge >= 0.3 is 0 Å². The molecule has 11 rings (SSSR count). The van der Waals surface area contributed by atoms with E-state index in [9.17, 15) is 0 Å². The van der Waals surface area contributed by atoms with Gasteiger partial charge in [-0.15, -0.1) is 0 Å². The van der Waals surface area contributed by atoms with Crippen molar-refractivity contribution in [3.05, 3.63) is 206 Å². The number of hydrogen-bond donors (Lipinski definition) is 0. The fourth-order valence-corrected chi connectivity index (χ4v) is 8.54. The molecule has 3 aromatic heterocycles. The highest BCUT2D eigenvalue weighted by molar-refractivity contribution is 6.10. The van der Waals surface area contributed by atoms with Gasteiger partial charge in [0.1, 0.15) is 0 Å². The monoisotopic (exact) mass is 702 g/mol. The van der Waals surface area contributed by atoms with Crippen LogP contribution in [0.3, 0.4) is 0 Å². The molecular formula is C51H34N4. The van der Waals surface area contributed by atoms with E-state index in [1.54, 1.807) is 0 Å². The molecule has 4 heteroatoms. The van der Waals surface area contributed by atoms with E-state index in [0.717, 1.165) is 44.9 Å². The third-order valence-electron chi connectivity index (χ3n) is 11.0. The van der Waals surface area contributed by atoms with Crippen molar-refractivity contribution in [3.63, 3.8) is 0 Å². The van der Waals surface area contributed by atoms with Crippen molar-refractivity contribution in [3.8, 4) is 22.5 Å². The lowest BCUT2D eigenvalue weighted by molar-refractivity contribution is 1.17. The van der Waals surface area contributed by atoms with Crippen LogP contribution in [0.1, 0.15) is 0 Å². The van der Waals surface area contributed by atoms with Gasteiger partial charge in [-0.1, -0.05) is 115 Å². The molecule has 0 atom stereocenters. The summed E-state index contributed by atoms with van der Waals surface area (Å²) in [5, 5.41) is 6.12. The lowest BCUT2D eigenvalue weighted by Crippen LogP contribution is -2.11. The molecule has 0 unspecified atom stereocenters. The van der Waals surface area contributed by atoms with Crippen molar-refractivity contribution in [2.75, 3.05) is 4.90 Å². The van der Waals surface area contributed by atoms with Gasteiger partial charge in [0.25, 0.3) is 0 Å². The molecule has 258 valence electrons.